The fraction of sp³-hybridized carbons (Fsp3) is 0.538. The molecule has 1 aromatic carbocycles. The van der Waals surface area contributed by atoms with Crippen molar-refractivity contribution in [1.82, 2.24) is 5.32 Å². The van der Waals surface area contributed by atoms with E-state index in [9.17, 15) is 15.2 Å². The van der Waals surface area contributed by atoms with Gasteiger partial charge in [-0.2, -0.15) is 0 Å². The largest absolute Gasteiger partial charge is 0.491 e. The molecule has 2 N–H and O–H groups in total. The first-order valence-electron chi connectivity index (χ1n) is 6.18. The van der Waals surface area contributed by atoms with Crippen LogP contribution < -0.4 is 10.1 Å². The number of aliphatic hydroxyl groups excluding tert-OH is 1. The van der Waals surface area contributed by atoms with E-state index in [-0.39, 0.29) is 17.8 Å². The molecule has 20 heavy (non-hydrogen) atoms. The lowest BCUT2D eigenvalue weighted by molar-refractivity contribution is -0.385. The topological polar surface area (TPSA) is 84.6 Å². The van der Waals surface area contributed by atoms with E-state index in [1.165, 1.54) is 12.1 Å². The van der Waals surface area contributed by atoms with Gasteiger partial charge in [-0.15, -0.1) is 0 Å². The van der Waals surface area contributed by atoms with Crippen molar-refractivity contribution in [3.63, 3.8) is 0 Å². The first kappa shape index (κ1) is 16.9. The van der Waals surface area contributed by atoms with Crippen molar-refractivity contribution in [3.8, 4) is 5.75 Å². The second kappa shape index (κ2) is 7.01. The van der Waals surface area contributed by atoms with Crippen molar-refractivity contribution in [1.29, 1.82) is 0 Å². The molecule has 0 saturated carbocycles. The molecule has 1 unspecified atom stereocenters. The van der Waals surface area contributed by atoms with Crippen LogP contribution >= 0.6 is 15.9 Å². The van der Waals surface area contributed by atoms with Crippen LogP contribution in [0.3, 0.4) is 0 Å². The molecular formula is C13H19BrN2O4. The second-order valence-corrected chi connectivity index (χ2v) is 6.41. The number of nitrogens with zero attached hydrogens (tertiary/aromatic N) is 1. The van der Waals surface area contributed by atoms with Crippen molar-refractivity contribution in [3.05, 3.63) is 32.8 Å². The van der Waals surface area contributed by atoms with Gasteiger partial charge >= 0.3 is 0 Å². The van der Waals surface area contributed by atoms with E-state index < -0.39 is 11.0 Å². The summed E-state index contributed by atoms with van der Waals surface area (Å²) in [5.41, 5.74) is -0.146. The monoisotopic (exact) mass is 346 g/mol. The van der Waals surface area contributed by atoms with Gasteiger partial charge in [-0.1, -0.05) is 15.9 Å². The predicted molar refractivity (Wildman–Crippen MR) is 80.1 cm³/mol. The number of β-amino-alcohol motifs (C(OH)–C–C–N with tert-alkyl or cyclic N) is 1. The second-order valence-electron chi connectivity index (χ2n) is 5.50. The van der Waals surface area contributed by atoms with Crippen molar-refractivity contribution >= 4 is 21.6 Å². The number of nitro benzene ring substituents is 1. The average Bonchev–Trinajstić information content (AvgIpc) is 2.32. The predicted octanol–water partition coefficient (Wildman–Crippen LogP) is 2.49. The normalized spacial score (nSPS) is 13.1. The Kier molecular flexibility index (Phi) is 5.91. The zero-order valence-corrected chi connectivity index (χ0v) is 13.3. The molecule has 0 aliphatic carbocycles. The summed E-state index contributed by atoms with van der Waals surface area (Å²) in [4.78, 5) is 10.2. The molecular weight excluding hydrogens is 328 g/mol. The minimum Gasteiger partial charge on any atom is -0.491 e. The summed E-state index contributed by atoms with van der Waals surface area (Å²) in [6.07, 6.45) is -0.688. The molecule has 0 fully saturated rings. The molecule has 1 atom stereocenters. The Morgan fingerprint density at radius 3 is 2.65 bits per heavy atom. The summed E-state index contributed by atoms with van der Waals surface area (Å²) >= 11 is 3.19. The molecule has 0 spiro atoms. The first-order valence-corrected chi connectivity index (χ1v) is 6.97. The Balaban J connectivity index is 2.55. The standard InChI is InChI=1S/C13H19BrN2O4/c1-13(2,3)15-7-11(17)8-20-12-5-9(14)4-10(6-12)16(18)19/h4-6,11,15,17H,7-8H2,1-3H3. The SMILES string of the molecule is CC(C)(C)NCC(O)COc1cc(Br)cc([N+](=O)[O-])c1. The van der Waals surface area contributed by atoms with Crippen LogP contribution in [0.5, 0.6) is 5.75 Å². The van der Waals surface area contributed by atoms with Gasteiger partial charge in [0, 0.05) is 22.6 Å². The van der Waals surface area contributed by atoms with E-state index >= 15 is 0 Å². The van der Waals surface area contributed by atoms with Gasteiger partial charge in [0.2, 0.25) is 0 Å². The zero-order valence-electron chi connectivity index (χ0n) is 11.7. The van der Waals surface area contributed by atoms with Crippen LogP contribution in [0.4, 0.5) is 5.69 Å². The fourth-order valence-corrected chi connectivity index (χ4v) is 1.87. The third kappa shape index (κ3) is 6.31. The minimum absolute atomic E-state index is 0.0586. The Morgan fingerprint density at radius 2 is 2.10 bits per heavy atom. The quantitative estimate of drug-likeness (QED) is 0.610. The number of benzene rings is 1. The lowest BCUT2D eigenvalue weighted by Crippen LogP contribution is -2.42. The molecule has 0 radical (unpaired) electrons. The maximum atomic E-state index is 10.7. The van der Waals surface area contributed by atoms with E-state index in [4.69, 9.17) is 4.74 Å². The molecule has 0 heterocycles. The number of nitro groups is 1. The number of aliphatic hydroxyl groups is 1. The van der Waals surface area contributed by atoms with E-state index in [1.807, 2.05) is 20.8 Å². The Morgan fingerprint density at radius 1 is 1.45 bits per heavy atom. The molecule has 0 bridgehead atoms. The van der Waals surface area contributed by atoms with Crippen molar-refractivity contribution in [2.24, 2.45) is 0 Å². The van der Waals surface area contributed by atoms with Gasteiger partial charge in [-0.05, 0) is 26.8 Å². The van der Waals surface area contributed by atoms with Crippen LogP contribution in [0.15, 0.2) is 22.7 Å². The molecule has 1 aromatic rings. The van der Waals surface area contributed by atoms with Crippen LogP contribution in [0, 0.1) is 10.1 Å². The van der Waals surface area contributed by atoms with Gasteiger partial charge in [0.25, 0.3) is 5.69 Å². The van der Waals surface area contributed by atoms with Crippen LogP contribution in [0.1, 0.15) is 20.8 Å². The zero-order chi connectivity index (χ0) is 15.3. The summed E-state index contributed by atoms with van der Waals surface area (Å²) in [6.45, 7) is 6.45. The van der Waals surface area contributed by atoms with Crippen molar-refractivity contribution in [2.45, 2.75) is 32.4 Å². The third-order valence-corrected chi connectivity index (χ3v) is 2.84. The van der Waals surface area contributed by atoms with Crippen LogP contribution in [0.25, 0.3) is 0 Å². The Bertz CT molecular complexity index is 474. The van der Waals surface area contributed by atoms with Gasteiger partial charge in [-0.3, -0.25) is 10.1 Å². The van der Waals surface area contributed by atoms with E-state index in [0.29, 0.717) is 16.8 Å². The lowest BCUT2D eigenvalue weighted by Gasteiger charge is -2.22. The van der Waals surface area contributed by atoms with Crippen molar-refractivity contribution < 1.29 is 14.8 Å². The smallest absolute Gasteiger partial charge is 0.274 e. The maximum Gasteiger partial charge on any atom is 0.274 e. The third-order valence-electron chi connectivity index (χ3n) is 2.38. The van der Waals surface area contributed by atoms with Gasteiger partial charge in [0.05, 0.1) is 11.0 Å². The highest BCUT2D eigenvalue weighted by atomic mass is 79.9. The number of non-ortho nitro benzene ring substituents is 1. The summed E-state index contributed by atoms with van der Waals surface area (Å²) in [5, 5.41) is 23.7. The highest BCUT2D eigenvalue weighted by Crippen LogP contribution is 2.26. The van der Waals surface area contributed by atoms with Crippen molar-refractivity contribution in [2.75, 3.05) is 13.2 Å². The molecule has 0 saturated heterocycles. The highest BCUT2D eigenvalue weighted by molar-refractivity contribution is 9.10. The fourth-order valence-electron chi connectivity index (χ4n) is 1.41. The van der Waals surface area contributed by atoms with Gasteiger partial charge in [-0.25, -0.2) is 0 Å². The number of nitrogens with one attached hydrogen (secondary N) is 1. The average molecular weight is 347 g/mol. The van der Waals surface area contributed by atoms with E-state index in [0.717, 1.165) is 0 Å². The van der Waals surface area contributed by atoms with E-state index in [2.05, 4.69) is 21.2 Å². The summed E-state index contributed by atoms with van der Waals surface area (Å²) in [5.74, 6) is 0.348. The highest BCUT2D eigenvalue weighted by Gasteiger charge is 2.14. The van der Waals surface area contributed by atoms with E-state index in [1.54, 1.807) is 6.07 Å². The van der Waals surface area contributed by atoms with Gasteiger partial charge < -0.3 is 15.2 Å². The Hall–Kier alpha value is -1.18. The molecule has 0 aromatic heterocycles. The molecule has 0 aliphatic rings. The summed E-state index contributed by atoms with van der Waals surface area (Å²) in [6, 6.07) is 4.34. The van der Waals surface area contributed by atoms with Crippen LogP contribution in [-0.2, 0) is 0 Å². The summed E-state index contributed by atoms with van der Waals surface area (Å²) in [7, 11) is 0. The van der Waals surface area contributed by atoms with Gasteiger partial charge in [0.1, 0.15) is 18.5 Å². The number of rotatable bonds is 6. The molecule has 112 valence electrons. The number of hydrogen-bond acceptors (Lipinski definition) is 5. The maximum absolute atomic E-state index is 10.7. The number of halogens is 1. The Labute approximate surface area is 126 Å². The number of ether oxygens (including phenoxy) is 1. The lowest BCUT2D eigenvalue weighted by atomic mass is 10.1. The molecule has 0 aliphatic heterocycles. The van der Waals surface area contributed by atoms with Crippen LogP contribution in [0.2, 0.25) is 0 Å². The summed E-state index contributed by atoms with van der Waals surface area (Å²) < 4.78 is 5.94. The van der Waals surface area contributed by atoms with Crippen LogP contribution in [-0.4, -0.2) is 34.8 Å². The molecule has 6 nitrogen and oxygen atoms in total. The minimum atomic E-state index is -0.688. The molecule has 0 amide bonds. The molecule has 7 heteroatoms. The number of hydrogen-bond donors (Lipinski definition) is 2. The first-order chi connectivity index (χ1) is 9.17. The van der Waals surface area contributed by atoms with Gasteiger partial charge in [0.15, 0.2) is 0 Å². The molecule has 1 rings (SSSR count).